The number of piperidine rings is 1. The second kappa shape index (κ2) is 10.5. The molecule has 1 aromatic carbocycles. The molecule has 9 nitrogen and oxygen atoms in total. The van der Waals surface area contributed by atoms with Crippen LogP contribution in [0.15, 0.2) is 53.5 Å². The molecule has 2 aromatic heterocycles. The average molecular weight is 491 g/mol. The number of carbonyl (C=O) groups is 1. The van der Waals surface area contributed by atoms with E-state index < -0.39 is 0 Å². The molecule has 0 saturated carbocycles. The zero-order valence-electron chi connectivity index (χ0n) is 21.3. The first-order valence-electron chi connectivity index (χ1n) is 12.2. The van der Waals surface area contributed by atoms with Crippen LogP contribution in [0.2, 0.25) is 0 Å². The molecule has 1 aliphatic rings. The number of nitrogens with one attached hydrogen (secondary N) is 2. The van der Waals surface area contributed by atoms with Gasteiger partial charge in [-0.15, -0.1) is 0 Å². The summed E-state index contributed by atoms with van der Waals surface area (Å²) >= 11 is 0. The van der Waals surface area contributed by atoms with Gasteiger partial charge >= 0.3 is 0 Å². The molecule has 4 rings (SSSR count). The van der Waals surface area contributed by atoms with Crippen molar-refractivity contribution in [2.75, 3.05) is 23.3 Å². The zero-order valence-corrected chi connectivity index (χ0v) is 21.3. The first kappa shape index (κ1) is 25.4. The average Bonchev–Trinajstić information content (AvgIpc) is 2.87. The highest BCUT2D eigenvalue weighted by Crippen LogP contribution is 2.23. The van der Waals surface area contributed by atoms with Crippen molar-refractivity contribution in [1.82, 2.24) is 20.1 Å². The summed E-state index contributed by atoms with van der Waals surface area (Å²) in [6, 6.07) is 12.9. The maximum Gasteiger partial charge on any atom is 0.290 e. The van der Waals surface area contributed by atoms with E-state index in [0.717, 1.165) is 19.4 Å². The van der Waals surface area contributed by atoms with Gasteiger partial charge in [0.2, 0.25) is 0 Å². The van der Waals surface area contributed by atoms with E-state index in [4.69, 9.17) is 0 Å². The lowest BCUT2D eigenvalue weighted by molar-refractivity contribution is 0.0933. The molecule has 1 atom stereocenters. The van der Waals surface area contributed by atoms with Gasteiger partial charge in [0, 0.05) is 44.0 Å². The maximum atomic E-state index is 12.9. The molecule has 1 aliphatic heterocycles. The van der Waals surface area contributed by atoms with Gasteiger partial charge in [0.25, 0.3) is 11.5 Å². The van der Waals surface area contributed by atoms with E-state index in [1.807, 2.05) is 24.3 Å². The third-order valence-corrected chi connectivity index (χ3v) is 6.41. The lowest BCUT2D eigenvalue weighted by atomic mass is 9.86. The number of aliphatic hydroxyl groups excluding tert-OH is 1. The fraction of sp³-hybridized carbons (Fsp3) is 0.407. The van der Waals surface area contributed by atoms with Gasteiger partial charge in [0.05, 0.1) is 6.61 Å². The number of aryl methyl sites for hydroxylation is 1. The Morgan fingerprint density at radius 2 is 1.92 bits per heavy atom. The molecule has 0 aliphatic carbocycles. The number of aliphatic hydroxyl groups is 1. The normalized spacial score (nSPS) is 16.0. The third-order valence-electron chi connectivity index (χ3n) is 6.41. The molecular formula is C27H34N6O3. The summed E-state index contributed by atoms with van der Waals surface area (Å²) in [5, 5.41) is 19.9. The van der Waals surface area contributed by atoms with Crippen molar-refractivity contribution < 1.29 is 9.90 Å². The van der Waals surface area contributed by atoms with Crippen molar-refractivity contribution in [3.63, 3.8) is 0 Å². The van der Waals surface area contributed by atoms with Gasteiger partial charge < -0.3 is 20.6 Å². The summed E-state index contributed by atoms with van der Waals surface area (Å²) in [5.74, 6) is 1.07. The van der Waals surface area contributed by atoms with Crippen LogP contribution in [0.1, 0.15) is 55.1 Å². The number of amides is 1. The van der Waals surface area contributed by atoms with Crippen LogP contribution in [0, 0.1) is 0 Å². The van der Waals surface area contributed by atoms with Gasteiger partial charge in [-0.05, 0) is 47.6 Å². The fourth-order valence-corrected chi connectivity index (χ4v) is 4.26. The highest BCUT2D eigenvalue weighted by atomic mass is 16.3. The Labute approximate surface area is 211 Å². The first-order chi connectivity index (χ1) is 17.1. The lowest BCUT2D eigenvalue weighted by Gasteiger charge is -2.34. The standard InChI is InChI=1S/C27H34N6O3/c1-27(2,3)20-10-8-19(9-11-20)25(35)29-21-6-5-13-33(16-21)24-14-22(26(36)32(4)31-24)30-23-12-7-18(17-34)15-28-23/h7-12,14-15,21,34H,5-6,13,16-17H2,1-4H3,(H,28,30)(H,29,35)/t21-/m1/s1. The topological polar surface area (TPSA) is 112 Å². The number of anilines is 3. The van der Waals surface area contributed by atoms with E-state index in [9.17, 15) is 14.7 Å². The maximum absolute atomic E-state index is 12.9. The SMILES string of the molecule is Cn1nc(N2CCC[C@@H](NC(=O)c3ccc(C(C)(C)C)cc3)C2)cc(Nc2ccc(CO)cn2)c1=O. The van der Waals surface area contributed by atoms with Crippen LogP contribution in [0.25, 0.3) is 0 Å². The number of benzene rings is 1. The molecule has 3 N–H and O–H groups in total. The minimum atomic E-state index is -0.271. The van der Waals surface area contributed by atoms with Crippen molar-refractivity contribution in [3.05, 3.63) is 75.7 Å². The van der Waals surface area contributed by atoms with Gasteiger partial charge in [-0.25, -0.2) is 9.67 Å². The molecule has 1 amide bonds. The number of hydrogen-bond donors (Lipinski definition) is 3. The molecule has 0 spiro atoms. The van der Waals surface area contributed by atoms with E-state index >= 15 is 0 Å². The van der Waals surface area contributed by atoms with Crippen LogP contribution in [0.5, 0.6) is 0 Å². The van der Waals surface area contributed by atoms with Crippen LogP contribution in [-0.4, -0.2) is 44.9 Å². The van der Waals surface area contributed by atoms with E-state index in [1.165, 1.54) is 10.2 Å². The Bertz CT molecular complexity index is 1260. The van der Waals surface area contributed by atoms with Gasteiger partial charge in [0.15, 0.2) is 5.82 Å². The molecule has 9 heteroatoms. The van der Waals surface area contributed by atoms with E-state index in [1.54, 1.807) is 31.4 Å². The summed E-state index contributed by atoms with van der Waals surface area (Å²) in [7, 11) is 1.61. The minimum Gasteiger partial charge on any atom is -0.392 e. The predicted octanol–water partition coefficient (Wildman–Crippen LogP) is 3.11. The number of hydrogen-bond acceptors (Lipinski definition) is 7. The molecule has 0 unspecified atom stereocenters. The fourth-order valence-electron chi connectivity index (χ4n) is 4.26. The highest BCUT2D eigenvalue weighted by Gasteiger charge is 2.24. The van der Waals surface area contributed by atoms with Crippen molar-refractivity contribution in [2.24, 2.45) is 7.05 Å². The van der Waals surface area contributed by atoms with Gasteiger partial charge in [-0.1, -0.05) is 39.0 Å². The van der Waals surface area contributed by atoms with Gasteiger partial charge in [-0.3, -0.25) is 9.59 Å². The van der Waals surface area contributed by atoms with Crippen LogP contribution in [0.3, 0.4) is 0 Å². The Kier molecular flexibility index (Phi) is 7.40. The monoisotopic (exact) mass is 490 g/mol. The number of nitrogens with zero attached hydrogens (tertiary/aromatic N) is 4. The van der Waals surface area contributed by atoms with Crippen LogP contribution >= 0.6 is 0 Å². The lowest BCUT2D eigenvalue weighted by Crippen LogP contribution is -2.48. The molecule has 0 bridgehead atoms. The number of rotatable bonds is 6. The summed E-state index contributed by atoms with van der Waals surface area (Å²) < 4.78 is 1.30. The molecule has 36 heavy (non-hydrogen) atoms. The molecule has 0 radical (unpaired) electrons. The smallest absolute Gasteiger partial charge is 0.290 e. The van der Waals surface area contributed by atoms with Crippen molar-refractivity contribution in [2.45, 2.75) is 51.7 Å². The Morgan fingerprint density at radius 1 is 1.17 bits per heavy atom. The van der Waals surface area contributed by atoms with Crippen LogP contribution < -0.4 is 21.1 Å². The largest absolute Gasteiger partial charge is 0.392 e. The van der Waals surface area contributed by atoms with Gasteiger partial charge in [-0.2, -0.15) is 5.10 Å². The second-order valence-corrected chi connectivity index (χ2v) is 10.3. The predicted molar refractivity (Wildman–Crippen MR) is 141 cm³/mol. The minimum absolute atomic E-state index is 0.0309. The third kappa shape index (κ3) is 5.91. The molecular weight excluding hydrogens is 456 g/mol. The quantitative estimate of drug-likeness (QED) is 0.487. The number of carbonyl (C=O) groups excluding carboxylic acids is 1. The zero-order chi connectivity index (χ0) is 25.9. The second-order valence-electron chi connectivity index (χ2n) is 10.3. The summed E-state index contributed by atoms with van der Waals surface area (Å²) in [6.45, 7) is 7.73. The van der Waals surface area contributed by atoms with Gasteiger partial charge in [0.1, 0.15) is 11.5 Å². The van der Waals surface area contributed by atoms with Crippen molar-refractivity contribution >= 4 is 23.2 Å². The highest BCUT2D eigenvalue weighted by molar-refractivity contribution is 5.94. The number of aromatic nitrogens is 3. The molecule has 3 heterocycles. The summed E-state index contributed by atoms with van der Waals surface area (Å²) in [6.07, 6.45) is 3.33. The van der Waals surface area contributed by atoms with Crippen LogP contribution in [-0.2, 0) is 19.1 Å². The Morgan fingerprint density at radius 3 is 2.56 bits per heavy atom. The van der Waals surface area contributed by atoms with Crippen LogP contribution in [0.4, 0.5) is 17.3 Å². The molecule has 3 aromatic rings. The summed E-state index contributed by atoms with van der Waals surface area (Å²) in [5.41, 5.74) is 2.65. The molecule has 1 fully saturated rings. The Balaban J connectivity index is 1.46. The van der Waals surface area contributed by atoms with E-state index in [2.05, 4.69) is 46.4 Å². The first-order valence-corrected chi connectivity index (χ1v) is 12.2. The number of pyridine rings is 1. The Hall–Kier alpha value is -3.72. The molecule has 190 valence electrons. The summed E-state index contributed by atoms with van der Waals surface area (Å²) in [4.78, 5) is 31.9. The van der Waals surface area contributed by atoms with E-state index in [-0.39, 0.29) is 29.5 Å². The molecule has 1 saturated heterocycles. The van der Waals surface area contributed by atoms with Crippen molar-refractivity contribution in [3.8, 4) is 0 Å². The van der Waals surface area contributed by atoms with E-state index in [0.29, 0.717) is 35.0 Å². The van der Waals surface area contributed by atoms with Crippen molar-refractivity contribution in [1.29, 1.82) is 0 Å².